The van der Waals surface area contributed by atoms with Crippen molar-refractivity contribution in [1.29, 1.82) is 5.26 Å². The zero-order valence-corrected chi connectivity index (χ0v) is 14.8. The van der Waals surface area contributed by atoms with Gasteiger partial charge < -0.3 is 15.2 Å². The Kier molecular flexibility index (Phi) is 4.72. The Morgan fingerprint density at radius 3 is 2.89 bits per heavy atom. The lowest BCUT2D eigenvalue weighted by Crippen LogP contribution is -2.18. The number of hydrogen-bond acceptors (Lipinski definition) is 6. The number of aromatic nitrogens is 2. The first-order chi connectivity index (χ1) is 13.7. The van der Waals surface area contributed by atoms with E-state index in [1.807, 2.05) is 18.2 Å². The maximum Gasteiger partial charge on any atom is 0.258 e. The van der Waals surface area contributed by atoms with E-state index in [-0.39, 0.29) is 18.3 Å². The number of anilines is 2. The molecule has 1 aromatic heterocycles. The number of carbonyl (C=O) groups is 1. The maximum atomic E-state index is 12.3. The van der Waals surface area contributed by atoms with Crippen LogP contribution in [0.25, 0.3) is 22.8 Å². The predicted octanol–water partition coefficient (Wildman–Crippen LogP) is 3.54. The molecule has 0 fully saturated rings. The van der Waals surface area contributed by atoms with Crippen LogP contribution in [-0.4, -0.2) is 29.3 Å². The topological polar surface area (TPSA) is 104 Å². The highest BCUT2D eigenvalue weighted by molar-refractivity contribution is 5.94. The van der Waals surface area contributed by atoms with Gasteiger partial charge in [-0.05, 0) is 48.4 Å². The van der Waals surface area contributed by atoms with Gasteiger partial charge in [0.2, 0.25) is 11.7 Å². The van der Waals surface area contributed by atoms with Crippen LogP contribution in [0.2, 0.25) is 0 Å². The fraction of sp³-hybridized carbons (Fsp3) is 0.200. The number of benzene rings is 2. The van der Waals surface area contributed by atoms with Crippen LogP contribution in [0.5, 0.6) is 0 Å². The van der Waals surface area contributed by atoms with E-state index < -0.39 is 6.67 Å². The van der Waals surface area contributed by atoms with Crippen LogP contribution in [0.3, 0.4) is 0 Å². The second-order valence-electron chi connectivity index (χ2n) is 6.33. The monoisotopic (exact) mass is 377 g/mol. The third kappa shape index (κ3) is 3.42. The number of alkyl halides is 1. The van der Waals surface area contributed by atoms with Gasteiger partial charge in [0.1, 0.15) is 12.7 Å². The van der Waals surface area contributed by atoms with E-state index in [0.717, 1.165) is 16.8 Å². The largest absolute Gasteiger partial charge is 0.381 e. The van der Waals surface area contributed by atoms with Crippen molar-refractivity contribution in [2.45, 2.75) is 12.8 Å². The molecule has 140 valence electrons. The maximum absolute atomic E-state index is 12.3. The first kappa shape index (κ1) is 17.7. The first-order valence-corrected chi connectivity index (χ1v) is 8.79. The summed E-state index contributed by atoms with van der Waals surface area (Å²) in [6.45, 7) is -0.387. The molecule has 28 heavy (non-hydrogen) atoms. The lowest BCUT2D eigenvalue weighted by molar-refractivity contribution is -0.116. The summed E-state index contributed by atoms with van der Waals surface area (Å²) in [5.41, 5.74) is 4.14. The molecule has 0 bridgehead atoms. The van der Waals surface area contributed by atoms with E-state index in [1.54, 1.807) is 18.2 Å². The molecule has 1 aliphatic rings. The molecular formula is C20H16FN5O2. The Morgan fingerprint density at radius 2 is 2.07 bits per heavy atom. The zero-order valence-electron chi connectivity index (χ0n) is 14.8. The van der Waals surface area contributed by atoms with E-state index in [1.165, 1.54) is 0 Å². The Labute approximate surface area is 160 Å². The second kappa shape index (κ2) is 7.48. The molecule has 1 aliphatic heterocycles. The van der Waals surface area contributed by atoms with E-state index in [2.05, 4.69) is 26.8 Å². The van der Waals surface area contributed by atoms with Gasteiger partial charge >= 0.3 is 0 Å². The third-order valence-corrected chi connectivity index (χ3v) is 4.48. The third-order valence-electron chi connectivity index (χ3n) is 4.48. The van der Waals surface area contributed by atoms with E-state index in [9.17, 15) is 14.4 Å². The van der Waals surface area contributed by atoms with Crippen molar-refractivity contribution in [2.75, 3.05) is 23.9 Å². The first-order valence-electron chi connectivity index (χ1n) is 8.79. The van der Waals surface area contributed by atoms with Crippen LogP contribution in [-0.2, 0) is 11.2 Å². The van der Waals surface area contributed by atoms with Gasteiger partial charge in [0.15, 0.2) is 0 Å². The zero-order chi connectivity index (χ0) is 19.5. The molecule has 0 radical (unpaired) electrons. The molecule has 0 spiro atoms. The highest BCUT2D eigenvalue weighted by atomic mass is 19.1. The highest BCUT2D eigenvalue weighted by Gasteiger charge is 2.17. The number of fused-ring (bicyclic) bond motifs is 1. The van der Waals surface area contributed by atoms with Crippen LogP contribution in [0.15, 0.2) is 40.9 Å². The van der Waals surface area contributed by atoms with Crippen molar-refractivity contribution in [3.05, 3.63) is 47.5 Å². The van der Waals surface area contributed by atoms with E-state index in [4.69, 9.17) is 4.52 Å². The predicted molar refractivity (Wildman–Crippen MR) is 101 cm³/mol. The van der Waals surface area contributed by atoms with Crippen LogP contribution < -0.4 is 10.6 Å². The lowest BCUT2D eigenvalue weighted by atomic mass is 10.0. The fourth-order valence-electron chi connectivity index (χ4n) is 3.09. The van der Waals surface area contributed by atoms with Crippen LogP contribution in [0.1, 0.15) is 17.5 Å². The molecule has 8 heteroatoms. The van der Waals surface area contributed by atoms with Crippen molar-refractivity contribution in [2.24, 2.45) is 0 Å². The minimum absolute atomic E-state index is 0.0137. The van der Waals surface area contributed by atoms with E-state index >= 15 is 0 Å². The van der Waals surface area contributed by atoms with Crippen molar-refractivity contribution < 1.29 is 13.7 Å². The molecule has 3 aromatic rings. The van der Waals surface area contributed by atoms with Crippen molar-refractivity contribution in [3.63, 3.8) is 0 Å². The van der Waals surface area contributed by atoms with Crippen molar-refractivity contribution in [3.8, 4) is 28.9 Å². The number of amides is 1. The van der Waals surface area contributed by atoms with Gasteiger partial charge in [-0.2, -0.15) is 10.2 Å². The summed E-state index contributed by atoms with van der Waals surface area (Å²) in [5.74, 6) is 0.724. The number of nitrogens with one attached hydrogen (secondary N) is 2. The quantitative estimate of drug-likeness (QED) is 0.705. The summed E-state index contributed by atoms with van der Waals surface area (Å²) < 4.78 is 17.7. The Hall–Kier alpha value is -3.73. The number of carbonyl (C=O) groups excluding carboxylic acids is 1. The molecule has 2 N–H and O–H groups in total. The molecule has 0 saturated heterocycles. The van der Waals surface area contributed by atoms with Gasteiger partial charge in [-0.15, -0.1) is 0 Å². The van der Waals surface area contributed by atoms with Gasteiger partial charge in [0.25, 0.3) is 5.89 Å². The molecule has 0 aliphatic carbocycles. The van der Waals surface area contributed by atoms with E-state index in [0.29, 0.717) is 35.5 Å². The molecule has 2 aromatic carbocycles. The van der Waals surface area contributed by atoms with Gasteiger partial charge in [-0.1, -0.05) is 5.16 Å². The second-order valence-corrected chi connectivity index (χ2v) is 6.33. The van der Waals surface area contributed by atoms with Gasteiger partial charge in [-0.3, -0.25) is 4.79 Å². The molecule has 0 atom stereocenters. The lowest BCUT2D eigenvalue weighted by Gasteiger charge is -2.16. The van der Waals surface area contributed by atoms with Crippen LogP contribution >= 0.6 is 0 Å². The standard InChI is InChI=1S/C20H16FN5O2/c21-7-8-23-16-4-2-14(10-15(16)11-22)20-25-19(26-28-20)13-1-5-17-12(9-13)3-6-18(27)24-17/h1-2,4-5,9-10,23H,3,6-8H2,(H,24,27). The molecule has 1 amide bonds. The average molecular weight is 377 g/mol. The Morgan fingerprint density at radius 1 is 1.21 bits per heavy atom. The van der Waals surface area contributed by atoms with Crippen LogP contribution in [0.4, 0.5) is 15.8 Å². The van der Waals surface area contributed by atoms with Gasteiger partial charge in [0, 0.05) is 29.8 Å². The SMILES string of the molecule is N#Cc1cc(-c2nc(-c3ccc4c(c3)CCC(=O)N4)no2)ccc1NCCF. The summed E-state index contributed by atoms with van der Waals surface area (Å²) in [5, 5.41) is 19.1. The van der Waals surface area contributed by atoms with Crippen molar-refractivity contribution in [1.82, 2.24) is 10.1 Å². The minimum atomic E-state index is -0.524. The number of nitrogens with zero attached hydrogens (tertiary/aromatic N) is 3. The number of hydrogen-bond donors (Lipinski definition) is 2. The number of rotatable bonds is 5. The summed E-state index contributed by atoms with van der Waals surface area (Å²) in [6, 6.07) is 12.7. The molecule has 0 unspecified atom stereocenters. The molecule has 2 heterocycles. The Bertz CT molecular complexity index is 1090. The number of nitriles is 1. The smallest absolute Gasteiger partial charge is 0.258 e. The normalized spacial score (nSPS) is 12.8. The summed E-state index contributed by atoms with van der Waals surface area (Å²) in [7, 11) is 0. The molecule has 4 rings (SSSR count). The van der Waals surface area contributed by atoms with Crippen molar-refractivity contribution >= 4 is 17.3 Å². The number of aryl methyl sites for hydroxylation is 1. The average Bonchev–Trinajstić information content (AvgIpc) is 3.22. The van der Waals surface area contributed by atoms with Gasteiger partial charge in [0.05, 0.1) is 11.3 Å². The molecule has 0 saturated carbocycles. The molecular weight excluding hydrogens is 361 g/mol. The molecule has 7 nitrogen and oxygen atoms in total. The van der Waals surface area contributed by atoms with Crippen LogP contribution in [0, 0.1) is 11.3 Å². The summed E-state index contributed by atoms with van der Waals surface area (Å²) in [4.78, 5) is 15.9. The fourth-order valence-corrected chi connectivity index (χ4v) is 3.09. The highest BCUT2D eigenvalue weighted by Crippen LogP contribution is 2.29. The van der Waals surface area contributed by atoms with Gasteiger partial charge in [-0.25, -0.2) is 4.39 Å². The summed E-state index contributed by atoms with van der Waals surface area (Å²) >= 11 is 0. The number of halogens is 1. The minimum Gasteiger partial charge on any atom is -0.381 e. The Balaban J connectivity index is 1.61. The summed E-state index contributed by atoms with van der Waals surface area (Å²) in [6.07, 6.45) is 1.12.